The lowest BCUT2D eigenvalue weighted by Gasteiger charge is -2.09. The predicted octanol–water partition coefficient (Wildman–Crippen LogP) is 4.53. The summed E-state index contributed by atoms with van der Waals surface area (Å²) in [6.07, 6.45) is 1.25. The number of hydrogen-bond donors (Lipinski definition) is 1. The summed E-state index contributed by atoms with van der Waals surface area (Å²) < 4.78 is 6.80. The van der Waals surface area contributed by atoms with Gasteiger partial charge in [-0.3, -0.25) is 19.7 Å². The molecule has 1 amide bonds. The van der Waals surface area contributed by atoms with Crippen LogP contribution in [0.15, 0.2) is 76.6 Å². The molecule has 0 radical (unpaired) electrons. The van der Waals surface area contributed by atoms with Crippen molar-refractivity contribution in [2.45, 2.75) is 13.5 Å². The van der Waals surface area contributed by atoms with Gasteiger partial charge in [0, 0.05) is 23.6 Å². The summed E-state index contributed by atoms with van der Waals surface area (Å²) in [6.45, 7) is 2.04. The van der Waals surface area contributed by atoms with Gasteiger partial charge in [-0.15, -0.1) is 0 Å². The molecule has 0 bridgehead atoms. The van der Waals surface area contributed by atoms with Crippen molar-refractivity contribution in [3.05, 3.63) is 103 Å². The third kappa shape index (κ3) is 5.02. The van der Waals surface area contributed by atoms with Crippen molar-refractivity contribution < 1.29 is 14.5 Å². The lowest BCUT2D eigenvalue weighted by Crippen LogP contribution is -2.28. The molecule has 0 spiro atoms. The molecule has 10 nitrogen and oxygen atoms in total. The molecule has 35 heavy (non-hydrogen) atoms. The Kier molecular flexibility index (Phi) is 6.83. The molecule has 4 aromatic rings. The molecule has 1 aromatic heterocycles. The van der Waals surface area contributed by atoms with E-state index in [1.807, 2.05) is 0 Å². The van der Waals surface area contributed by atoms with Gasteiger partial charge in [-0.1, -0.05) is 41.9 Å². The van der Waals surface area contributed by atoms with Crippen LogP contribution in [0.5, 0.6) is 11.5 Å². The van der Waals surface area contributed by atoms with Gasteiger partial charge in [-0.2, -0.15) is 10.2 Å². The van der Waals surface area contributed by atoms with Crippen LogP contribution in [0.1, 0.15) is 23.0 Å². The Morgan fingerprint density at radius 2 is 1.86 bits per heavy atom. The normalized spacial score (nSPS) is 11.0. The van der Waals surface area contributed by atoms with Gasteiger partial charge in [0.2, 0.25) is 5.75 Å². The lowest BCUT2D eigenvalue weighted by atomic mass is 10.1. The van der Waals surface area contributed by atoms with Crippen LogP contribution in [0, 0.1) is 10.1 Å². The van der Waals surface area contributed by atoms with E-state index >= 15 is 0 Å². The van der Waals surface area contributed by atoms with Gasteiger partial charge in [-0.25, -0.2) is 10.1 Å². The molecule has 3 aromatic carbocycles. The van der Waals surface area contributed by atoms with Gasteiger partial charge < -0.3 is 4.74 Å². The molecule has 11 heteroatoms. The number of nitro groups is 1. The van der Waals surface area contributed by atoms with E-state index in [1.54, 1.807) is 61.5 Å². The Bertz CT molecular complexity index is 1530. The molecule has 0 saturated heterocycles. The Morgan fingerprint density at radius 1 is 1.14 bits per heavy atom. The number of para-hydroxylation sites is 1. The smallest absolute Gasteiger partial charge is 0.312 e. The Morgan fingerprint density at radius 3 is 2.57 bits per heavy atom. The van der Waals surface area contributed by atoms with Gasteiger partial charge in [0.15, 0.2) is 5.69 Å². The van der Waals surface area contributed by atoms with Crippen LogP contribution in [0.25, 0.3) is 10.8 Å². The van der Waals surface area contributed by atoms with E-state index in [9.17, 15) is 19.7 Å². The Labute approximate surface area is 203 Å². The predicted molar refractivity (Wildman–Crippen MR) is 131 cm³/mol. The van der Waals surface area contributed by atoms with Crippen LogP contribution in [0.2, 0.25) is 5.02 Å². The highest BCUT2D eigenvalue weighted by Gasteiger charge is 2.18. The summed E-state index contributed by atoms with van der Waals surface area (Å²) in [6, 6.07) is 17.5. The number of hydrazone groups is 1. The first-order valence-electron chi connectivity index (χ1n) is 10.4. The van der Waals surface area contributed by atoms with E-state index in [4.69, 9.17) is 16.3 Å². The summed E-state index contributed by atoms with van der Waals surface area (Å²) in [5.41, 5.74) is 2.14. The van der Waals surface area contributed by atoms with E-state index in [-0.39, 0.29) is 28.4 Å². The van der Waals surface area contributed by atoms with Crippen LogP contribution >= 0.6 is 11.6 Å². The van der Waals surface area contributed by atoms with E-state index < -0.39 is 10.8 Å². The molecule has 0 fully saturated rings. The number of halogens is 1. The fourth-order valence-corrected chi connectivity index (χ4v) is 3.50. The van der Waals surface area contributed by atoms with E-state index in [2.05, 4.69) is 15.6 Å². The number of benzene rings is 3. The van der Waals surface area contributed by atoms with Crippen LogP contribution in [0.3, 0.4) is 0 Å². The zero-order valence-electron chi connectivity index (χ0n) is 18.3. The molecule has 0 aliphatic carbocycles. The van der Waals surface area contributed by atoms with E-state index in [0.29, 0.717) is 27.9 Å². The van der Waals surface area contributed by atoms with Gasteiger partial charge in [0.1, 0.15) is 5.75 Å². The van der Waals surface area contributed by atoms with Crippen molar-refractivity contribution >= 4 is 40.2 Å². The Balaban J connectivity index is 1.57. The number of hydrogen-bond acceptors (Lipinski definition) is 7. The van der Waals surface area contributed by atoms with Crippen molar-refractivity contribution in [2.75, 3.05) is 0 Å². The molecule has 1 heterocycles. The number of aryl methyl sites for hydroxylation is 1. The van der Waals surface area contributed by atoms with E-state index in [0.717, 1.165) is 0 Å². The van der Waals surface area contributed by atoms with Crippen LogP contribution in [0.4, 0.5) is 5.69 Å². The minimum Gasteiger partial charge on any atom is -0.449 e. The minimum absolute atomic E-state index is 0.00165. The highest BCUT2D eigenvalue weighted by molar-refractivity contribution is 6.32. The molecule has 0 unspecified atom stereocenters. The zero-order chi connectivity index (χ0) is 24.9. The average molecular weight is 492 g/mol. The molecular formula is C24H18ClN5O5. The molecule has 1 N–H and O–H groups in total. The maximum Gasteiger partial charge on any atom is 0.312 e. The fourth-order valence-electron chi connectivity index (χ4n) is 3.33. The van der Waals surface area contributed by atoms with Gasteiger partial charge in [0.25, 0.3) is 11.5 Å². The second-order valence-electron chi connectivity index (χ2n) is 7.23. The number of carbonyl (C=O) groups excluding carboxylic acids is 1. The number of amides is 1. The molecule has 176 valence electrons. The van der Waals surface area contributed by atoms with Gasteiger partial charge in [0.05, 0.1) is 21.5 Å². The van der Waals surface area contributed by atoms with Gasteiger partial charge in [-0.05, 0) is 37.3 Å². The van der Waals surface area contributed by atoms with Crippen molar-refractivity contribution in [3.63, 3.8) is 0 Å². The maximum absolute atomic E-state index is 12.7. The van der Waals surface area contributed by atoms with Crippen molar-refractivity contribution in [1.82, 2.24) is 15.2 Å². The average Bonchev–Trinajstić information content (AvgIpc) is 2.86. The standard InChI is InChI=1S/C24H18ClN5O5/c1-2-29-24(32)17-8-4-3-7-16(17)22(28-29)23(31)27-26-14-15-11-12-21(19(13-15)30(33)34)35-20-10-6-5-9-18(20)25/h3-14H,2H2,1H3,(H,27,31)/b26-14+. The van der Waals surface area contributed by atoms with E-state index in [1.165, 1.54) is 23.0 Å². The number of nitrogens with one attached hydrogen (secondary N) is 1. The highest BCUT2D eigenvalue weighted by Crippen LogP contribution is 2.35. The first-order valence-corrected chi connectivity index (χ1v) is 10.8. The number of rotatable bonds is 7. The third-order valence-electron chi connectivity index (χ3n) is 5.00. The number of aromatic nitrogens is 2. The second kappa shape index (κ2) is 10.1. The second-order valence-corrected chi connectivity index (χ2v) is 7.64. The van der Waals surface area contributed by atoms with Crippen molar-refractivity contribution in [3.8, 4) is 11.5 Å². The van der Waals surface area contributed by atoms with Gasteiger partial charge >= 0.3 is 5.69 Å². The summed E-state index contributed by atoms with van der Waals surface area (Å²) in [5.74, 6) is -0.353. The summed E-state index contributed by atoms with van der Waals surface area (Å²) >= 11 is 6.07. The van der Waals surface area contributed by atoms with Crippen molar-refractivity contribution in [1.29, 1.82) is 0 Å². The quantitative estimate of drug-likeness (QED) is 0.229. The molecule has 0 aliphatic rings. The minimum atomic E-state index is -0.632. The molecular weight excluding hydrogens is 474 g/mol. The van der Waals surface area contributed by atoms with Crippen LogP contribution in [-0.2, 0) is 6.54 Å². The fraction of sp³-hybridized carbons (Fsp3) is 0.0833. The summed E-state index contributed by atoms with van der Waals surface area (Å²) in [5, 5.41) is 20.7. The summed E-state index contributed by atoms with van der Waals surface area (Å²) in [4.78, 5) is 36.2. The van der Waals surface area contributed by atoms with Crippen molar-refractivity contribution in [2.24, 2.45) is 5.10 Å². The monoisotopic (exact) mass is 491 g/mol. The number of fused-ring (bicyclic) bond motifs is 1. The number of ether oxygens (including phenoxy) is 1. The maximum atomic E-state index is 12.7. The number of carbonyl (C=O) groups is 1. The van der Waals surface area contributed by atoms with Crippen LogP contribution in [-0.4, -0.2) is 26.8 Å². The third-order valence-corrected chi connectivity index (χ3v) is 5.31. The summed E-state index contributed by atoms with van der Waals surface area (Å²) in [7, 11) is 0. The molecule has 0 saturated carbocycles. The first kappa shape index (κ1) is 23.6. The number of nitro benzene ring substituents is 1. The first-order chi connectivity index (χ1) is 16.9. The van der Waals surface area contributed by atoms with Crippen LogP contribution < -0.4 is 15.7 Å². The zero-order valence-corrected chi connectivity index (χ0v) is 19.1. The SMILES string of the molecule is CCn1nc(C(=O)N/N=C/c2ccc(Oc3ccccc3Cl)c([N+](=O)[O-])c2)c2ccccc2c1=O. The topological polar surface area (TPSA) is 129 Å². The number of nitrogens with zero attached hydrogens (tertiary/aromatic N) is 4. The Hall–Kier alpha value is -4.57. The molecule has 4 rings (SSSR count). The lowest BCUT2D eigenvalue weighted by molar-refractivity contribution is -0.385. The molecule has 0 aliphatic heterocycles. The highest BCUT2D eigenvalue weighted by atomic mass is 35.5. The molecule has 0 atom stereocenters. The largest absolute Gasteiger partial charge is 0.449 e.